The first-order valence-corrected chi connectivity index (χ1v) is 8.53. The number of carbonyl (C=O) groups is 1. The zero-order valence-electron chi connectivity index (χ0n) is 14.5. The number of amides is 1. The van der Waals surface area contributed by atoms with Crippen molar-refractivity contribution in [2.75, 3.05) is 19.7 Å². The van der Waals surface area contributed by atoms with Crippen molar-refractivity contribution in [1.82, 2.24) is 10.2 Å². The van der Waals surface area contributed by atoms with E-state index in [0.717, 1.165) is 25.5 Å². The van der Waals surface area contributed by atoms with Crippen LogP contribution in [0.25, 0.3) is 0 Å². The lowest BCUT2D eigenvalue weighted by molar-refractivity contribution is -0.123. The third kappa shape index (κ3) is 7.82. The molecule has 1 aliphatic heterocycles. The average molecular weight is 298 g/mol. The lowest BCUT2D eigenvalue weighted by Crippen LogP contribution is -2.47. The molecule has 124 valence electrons. The van der Waals surface area contributed by atoms with Gasteiger partial charge in [0, 0.05) is 18.7 Å². The van der Waals surface area contributed by atoms with Crippen molar-refractivity contribution < 1.29 is 9.53 Å². The van der Waals surface area contributed by atoms with Crippen LogP contribution in [0.15, 0.2) is 0 Å². The summed E-state index contributed by atoms with van der Waals surface area (Å²) in [5.74, 6) is 0.945. The molecule has 1 rings (SSSR count). The molecule has 1 heterocycles. The van der Waals surface area contributed by atoms with Crippen LogP contribution in [0.4, 0.5) is 0 Å². The van der Waals surface area contributed by atoms with Gasteiger partial charge in [0.2, 0.25) is 5.91 Å². The highest BCUT2D eigenvalue weighted by molar-refractivity contribution is 5.78. The van der Waals surface area contributed by atoms with E-state index in [4.69, 9.17) is 4.74 Å². The van der Waals surface area contributed by atoms with E-state index in [0.29, 0.717) is 18.7 Å². The number of hydrogen-bond acceptors (Lipinski definition) is 3. The minimum absolute atomic E-state index is 0.153. The third-order valence-electron chi connectivity index (χ3n) is 4.13. The van der Waals surface area contributed by atoms with Crippen molar-refractivity contribution in [3.05, 3.63) is 0 Å². The lowest BCUT2D eigenvalue weighted by atomic mass is 9.88. The van der Waals surface area contributed by atoms with Crippen LogP contribution in [-0.4, -0.2) is 48.7 Å². The molecule has 1 N–H and O–H groups in total. The van der Waals surface area contributed by atoms with E-state index >= 15 is 0 Å². The minimum Gasteiger partial charge on any atom is -0.379 e. The van der Waals surface area contributed by atoms with Gasteiger partial charge in [-0.25, -0.2) is 0 Å². The van der Waals surface area contributed by atoms with Crippen molar-refractivity contribution in [3.8, 4) is 0 Å². The summed E-state index contributed by atoms with van der Waals surface area (Å²) in [6.45, 7) is 12.9. The Bertz CT molecular complexity index is 305. The molecule has 1 saturated heterocycles. The fourth-order valence-corrected chi connectivity index (χ4v) is 3.06. The van der Waals surface area contributed by atoms with Crippen molar-refractivity contribution in [2.24, 2.45) is 5.92 Å². The van der Waals surface area contributed by atoms with E-state index in [1.54, 1.807) is 0 Å². The molecule has 4 heteroatoms. The van der Waals surface area contributed by atoms with E-state index < -0.39 is 0 Å². The smallest absolute Gasteiger partial charge is 0.234 e. The molecule has 21 heavy (non-hydrogen) atoms. The van der Waals surface area contributed by atoms with E-state index in [2.05, 4.69) is 31.0 Å². The first-order chi connectivity index (χ1) is 9.88. The molecule has 4 nitrogen and oxygen atoms in total. The number of rotatable bonds is 8. The molecule has 1 fully saturated rings. The molecule has 0 saturated carbocycles. The van der Waals surface area contributed by atoms with Crippen molar-refractivity contribution in [1.29, 1.82) is 0 Å². The number of ether oxygens (including phenoxy) is 1. The van der Waals surface area contributed by atoms with Gasteiger partial charge >= 0.3 is 0 Å². The Kier molecular flexibility index (Phi) is 8.27. The number of nitrogens with zero attached hydrogens (tertiary/aromatic N) is 1. The van der Waals surface area contributed by atoms with E-state index in [1.165, 1.54) is 19.3 Å². The van der Waals surface area contributed by atoms with Crippen LogP contribution in [0.3, 0.4) is 0 Å². The Balaban J connectivity index is 2.22. The number of hydrogen-bond donors (Lipinski definition) is 1. The van der Waals surface area contributed by atoms with Gasteiger partial charge in [0.1, 0.15) is 0 Å². The maximum absolute atomic E-state index is 11.9. The normalized spacial score (nSPS) is 23.8. The van der Waals surface area contributed by atoms with Gasteiger partial charge in [0.15, 0.2) is 0 Å². The van der Waals surface area contributed by atoms with Crippen LogP contribution in [0.1, 0.15) is 60.3 Å². The number of likely N-dealkylation sites (tertiary alicyclic amines) is 1. The summed E-state index contributed by atoms with van der Waals surface area (Å²) in [7, 11) is 0. The molecular formula is C17H34N2O2. The van der Waals surface area contributed by atoms with Gasteiger partial charge in [-0.1, -0.05) is 0 Å². The highest BCUT2D eigenvalue weighted by atomic mass is 16.5. The topological polar surface area (TPSA) is 41.6 Å². The van der Waals surface area contributed by atoms with E-state index in [1.807, 2.05) is 13.8 Å². The molecule has 2 atom stereocenters. The van der Waals surface area contributed by atoms with Gasteiger partial charge in [-0.2, -0.15) is 0 Å². The van der Waals surface area contributed by atoms with Gasteiger partial charge < -0.3 is 10.1 Å². The number of piperidine rings is 1. The summed E-state index contributed by atoms with van der Waals surface area (Å²) < 4.78 is 5.61. The second-order valence-electron chi connectivity index (χ2n) is 6.99. The molecule has 0 aliphatic carbocycles. The summed E-state index contributed by atoms with van der Waals surface area (Å²) in [6, 6.07) is 0.735. The van der Waals surface area contributed by atoms with Crippen LogP contribution < -0.4 is 5.32 Å². The molecule has 0 spiro atoms. The maximum Gasteiger partial charge on any atom is 0.234 e. The first-order valence-electron chi connectivity index (χ1n) is 8.53. The summed E-state index contributed by atoms with van der Waals surface area (Å²) in [5, 5.41) is 2.98. The summed E-state index contributed by atoms with van der Waals surface area (Å²) in [4.78, 5) is 14.2. The lowest BCUT2D eigenvalue weighted by Gasteiger charge is -2.37. The number of nitrogens with one attached hydrogen (secondary N) is 1. The largest absolute Gasteiger partial charge is 0.379 e. The molecule has 0 aromatic carbocycles. The Labute approximate surface area is 130 Å². The molecule has 0 aromatic rings. The van der Waals surface area contributed by atoms with Crippen LogP contribution in [0.2, 0.25) is 0 Å². The van der Waals surface area contributed by atoms with Gasteiger partial charge in [0.05, 0.1) is 12.6 Å². The van der Waals surface area contributed by atoms with Gasteiger partial charge in [-0.3, -0.25) is 9.69 Å². The molecule has 1 amide bonds. The Morgan fingerprint density at radius 3 is 2.62 bits per heavy atom. The zero-order chi connectivity index (χ0) is 15.8. The highest BCUT2D eigenvalue weighted by Gasteiger charge is 2.26. The molecule has 1 aliphatic rings. The van der Waals surface area contributed by atoms with Gasteiger partial charge in [0.25, 0.3) is 0 Å². The monoisotopic (exact) mass is 298 g/mol. The molecular weight excluding hydrogens is 264 g/mol. The third-order valence-corrected chi connectivity index (χ3v) is 4.13. The molecule has 0 aromatic heterocycles. The van der Waals surface area contributed by atoms with Crippen molar-refractivity contribution in [2.45, 2.75) is 78.5 Å². The van der Waals surface area contributed by atoms with E-state index in [-0.39, 0.29) is 11.9 Å². The van der Waals surface area contributed by atoms with E-state index in [9.17, 15) is 4.79 Å². The Morgan fingerprint density at radius 1 is 1.33 bits per heavy atom. The zero-order valence-corrected chi connectivity index (χ0v) is 14.5. The van der Waals surface area contributed by atoms with Gasteiger partial charge in [-0.05, 0) is 72.8 Å². The second kappa shape index (κ2) is 9.42. The van der Waals surface area contributed by atoms with Crippen LogP contribution >= 0.6 is 0 Å². The predicted octanol–water partition coefficient (Wildman–Crippen LogP) is 2.82. The Morgan fingerprint density at radius 2 is 2.05 bits per heavy atom. The summed E-state index contributed by atoms with van der Waals surface area (Å²) in [5.41, 5.74) is 0. The fourth-order valence-electron chi connectivity index (χ4n) is 3.06. The second-order valence-corrected chi connectivity index (χ2v) is 6.99. The SMILES string of the molecule is CC(C)NC(=O)CN1CCC(CCCOC(C)C)CC1C. The average Bonchev–Trinajstić information content (AvgIpc) is 2.36. The maximum atomic E-state index is 11.9. The summed E-state index contributed by atoms with van der Waals surface area (Å²) >= 11 is 0. The van der Waals surface area contributed by atoms with Gasteiger partial charge in [-0.15, -0.1) is 0 Å². The van der Waals surface area contributed by atoms with Crippen LogP contribution in [0, 0.1) is 5.92 Å². The highest BCUT2D eigenvalue weighted by Crippen LogP contribution is 2.26. The predicted molar refractivity (Wildman–Crippen MR) is 87.4 cm³/mol. The Hall–Kier alpha value is -0.610. The minimum atomic E-state index is 0.153. The molecule has 0 bridgehead atoms. The standard InChI is InChI=1S/C17H34N2O2/c1-13(2)18-17(20)12-19-9-8-16(11-15(19)5)7-6-10-21-14(3)4/h13-16H,6-12H2,1-5H3,(H,18,20). The first kappa shape index (κ1) is 18.4. The molecule has 2 unspecified atom stereocenters. The van der Waals surface area contributed by atoms with Crippen molar-refractivity contribution >= 4 is 5.91 Å². The number of carbonyl (C=O) groups excluding carboxylic acids is 1. The van der Waals surface area contributed by atoms with Crippen LogP contribution in [-0.2, 0) is 9.53 Å². The van der Waals surface area contributed by atoms with Crippen LogP contribution in [0.5, 0.6) is 0 Å². The fraction of sp³-hybridized carbons (Fsp3) is 0.941. The summed E-state index contributed by atoms with van der Waals surface area (Å²) in [6.07, 6.45) is 5.16. The van der Waals surface area contributed by atoms with Crippen molar-refractivity contribution in [3.63, 3.8) is 0 Å². The molecule has 0 radical (unpaired) electrons. The quantitative estimate of drug-likeness (QED) is 0.701.